The zero-order chi connectivity index (χ0) is 19.2. The van der Waals surface area contributed by atoms with Crippen molar-refractivity contribution in [1.29, 1.82) is 0 Å². The minimum Gasteiger partial charge on any atom is -0.456 e. The molecule has 9 nitrogen and oxygen atoms in total. The number of non-ortho nitro benzene ring substituents is 1. The summed E-state index contributed by atoms with van der Waals surface area (Å²) in [6.07, 6.45) is 1.05. The fourth-order valence-electron chi connectivity index (χ4n) is 2.65. The Morgan fingerprint density at radius 3 is 2.67 bits per heavy atom. The number of hydrogen-bond donors (Lipinski definition) is 0. The van der Waals surface area contributed by atoms with Crippen LogP contribution in [0.3, 0.4) is 0 Å². The van der Waals surface area contributed by atoms with Crippen molar-refractivity contribution < 1.29 is 14.5 Å². The molecule has 138 valence electrons. The first kappa shape index (κ1) is 18.2. The van der Waals surface area contributed by atoms with Crippen LogP contribution in [0.5, 0.6) is 0 Å². The molecule has 1 heterocycles. The number of rotatable bonds is 7. The predicted molar refractivity (Wildman–Crippen MR) is 94.6 cm³/mol. The van der Waals surface area contributed by atoms with Crippen molar-refractivity contribution in [2.75, 3.05) is 0 Å². The van der Waals surface area contributed by atoms with Gasteiger partial charge in [-0.3, -0.25) is 10.1 Å². The van der Waals surface area contributed by atoms with E-state index in [2.05, 4.69) is 15.5 Å². The summed E-state index contributed by atoms with van der Waals surface area (Å²) in [5.74, 6) is -0.523. The van der Waals surface area contributed by atoms with Crippen LogP contribution in [0, 0.1) is 10.1 Å². The molecule has 0 radical (unpaired) electrons. The molecule has 2 aromatic carbocycles. The molecule has 0 aliphatic heterocycles. The van der Waals surface area contributed by atoms with Crippen molar-refractivity contribution in [1.82, 2.24) is 20.2 Å². The number of nitro benzene ring substituents is 1. The van der Waals surface area contributed by atoms with Crippen LogP contribution in [0.4, 0.5) is 5.69 Å². The maximum absolute atomic E-state index is 12.8. The first-order chi connectivity index (χ1) is 13.0. The topological polar surface area (TPSA) is 113 Å². The average Bonchev–Trinajstić information content (AvgIpc) is 3.21. The Hall–Kier alpha value is -3.62. The summed E-state index contributed by atoms with van der Waals surface area (Å²) in [6, 6.07) is 14.7. The van der Waals surface area contributed by atoms with E-state index in [0.717, 1.165) is 5.56 Å². The summed E-state index contributed by atoms with van der Waals surface area (Å²) in [6.45, 7) is 1.66. The van der Waals surface area contributed by atoms with Gasteiger partial charge in [-0.1, -0.05) is 42.5 Å². The van der Waals surface area contributed by atoms with E-state index in [1.54, 1.807) is 19.1 Å². The highest BCUT2D eigenvalue weighted by Crippen LogP contribution is 2.24. The molecule has 3 aromatic rings. The van der Waals surface area contributed by atoms with E-state index < -0.39 is 23.0 Å². The monoisotopic (exact) mass is 367 g/mol. The van der Waals surface area contributed by atoms with Gasteiger partial charge in [-0.25, -0.2) is 9.48 Å². The molecule has 27 heavy (non-hydrogen) atoms. The van der Waals surface area contributed by atoms with Gasteiger partial charge in [0.05, 0.1) is 4.92 Å². The number of tetrazole rings is 1. The van der Waals surface area contributed by atoms with E-state index in [4.69, 9.17) is 4.74 Å². The van der Waals surface area contributed by atoms with Gasteiger partial charge in [0.25, 0.3) is 5.69 Å². The van der Waals surface area contributed by atoms with E-state index in [1.807, 2.05) is 30.3 Å². The highest BCUT2D eigenvalue weighted by Gasteiger charge is 2.26. The van der Waals surface area contributed by atoms with Crippen LogP contribution in [-0.2, 0) is 16.0 Å². The molecule has 0 spiro atoms. The molecule has 0 N–H and O–H groups in total. The summed E-state index contributed by atoms with van der Waals surface area (Å²) >= 11 is 0. The van der Waals surface area contributed by atoms with Crippen LogP contribution >= 0.6 is 0 Å². The van der Waals surface area contributed by atoms with E-state index in [-0.39, 0.29) is 5.69 Å². The van der Waals surface area contributed by atoms with Crippen LogP contribution in [0.25, 0.3) is 0 Å². The smallest absolute Gasteiger partial charge is 0.332 e. The molecule has 9 heteroatoms. The molecule has 1 aromatic heterocycles. The van der Waals surface area contributed by atoms with Gasteiger partial charge >= 0.3 is 5.97 Å². The Kier molecular flexibility index (Phi) is 5.50. The van der Waals surface area contributed by atoms with E-state index in [0.29, 0.717) is 12.0 Å². The third kappa shape index (κ3) is 4.51. The molecule has 0 fully saturated rings. The molecule has 0 saturated carbocycles. The Morgan fingerprint density at radius 1 is 1.22 bits per heavy atom. The number of esters is 1. The molecule has 0 saturated heterocycles. The zero-order valence-corrected chi connectivity index (χ0v) is 14.5. The summed E-state index contributed by atoms with van der Waals surface area (Å²) < 4.78 is 6.89. The number of aromatic nitrogens is 4. The SMILES string of the molecule is C[C@H](OC(=O)[C@@H](Cc1ccccc1)n1cnnn1)c1cccc([N+](=O)[O-])c1. The van der Waals surface area contributed by atoms with Gasteiger partial charge in [0, 0.05) is 18.6 Å². The lowest BCUT2D eigenvalue weighted by Gasteiger charge is -2.19. The van der Waals surface area contributed by atoms with Crippen LogP contribution < -0.4 is 0 Å². The number of benzene rings is 2. The first-order valence-electron chi connectivity index (χ1n) is 8.26. The van der Waals surface area contributed by atoms with E-state index >= 15 is 0 Å². The van der Waals surface area contributed by atoms with Gasteiger partial charge in [-0.2, -0.15) is 0 Å². The second kappa shape index (κ2) is 8.17. The van der Waals surface area contributed by atoms with E-state index in [1.165, 1.54) is 23.1 Å². The largest absolute Gasteiger partial charge is 0.456 e. The molecule has 0 aliphatic carbocycles. The van der Waals surface area contributed by atoms with Gasteiger partial charge in [-0.05, 0) is 28.5 Å². The summed E-state index contributed by atoms with van der Waals surface area (Å²) in [5, 5.41) is 21.9. The summed E-state index contributed by atoms with van der Waals surface area (Å²) in [5.41, 5.74) is 1.40. The highest BCUT2D eigenvalue weighted by molar-refractivity contribution is 5.74. The Balaban J connectivity index is 1.78. The molecule has 3 rings (SSSR count). The van der Waals surface area contributed by atoms with Crippen molar-refractivity contribution in [3.05, 3.63) is 82.2 Å². The third-order valence-electron chi connectivity index (χ3n) is 4.07. The van der Waals surface area contributed by atoms with Crippen LogP contribution in [0.1, 0.15) is 30.2 Å². The Labute approximate surface area is 154 Å². The molecule has 0 amide bonds. The van der Waals surface area contributed by atoms with Crippen LogP contribution in [0.2, 0.25) is 0 Å². The molecule has 0 unspecified atom stereocenters. The van der Waals surface area contributed by atoms with Gasteiger partial charge in [0.1, 0.15) is 12.4 Å². The van der Waals surface area contributed by atoms with Gasteiger partial charge in [0.2, 0.25) is 0 Å². The highest BCUT2D eigenvalue weighted by atomic mass is 16.6. The number of nitro groups is 1. The predicted octanol–water partition coefficient (Wildman–Crippen LogP) is 2.67. The quantitative estimate of drug-likeness (QED) is 0.358. The maximum Gasteiger partial charge on any atom is 0.332 e. The molecular weight excluding hydrogens is 350 g/mol. The fraction of sp³-hybridized carbons (Fsp3) is 0.222. The van der Waals surface area contributed by atoms with Crippen molar-refractivity contribution in [2.24, 2.45) is 0 Å². The molecule has 0 bridgehead atoms. The molecule has 2 atom stereocenters. The lowest BCUT2D eigenvalue weighted by atomic mass is 10.1. The lowest BCUT2D eigenvalue weighted by molar-refractivity contribution is -0.385. The number of hydrogen-bond acceptors (Lipinski definition) is 7. The maximum atomic E-state index is 12.8. The van der Waals surface area contributed by atoms with E-state index in [9.17, 15) is 14.9 Å². The Morgan fingerprint density at radius 2 is 2.00 bits per heavy atom. The average molecular weight is 367 g/mol. The third-order valence-corrected chi connectivity index (χ3v) is 4.07. The lowest BCUT2D eigenvalue weighted by Crippen LogP contribution is -2.25. The van der Waals surface area contributed by atoms with Crippen molar-refractivity contribution in [3.63, 3.8) is 0 Å². The normalized spacial score (nSPS) is 12.9. The molecular formula is C18H17N5O4. The standard InChI is InChI=1S/C18H17N5O4/c1-13(15-8-5-9-16(11-15)23(25)26)27-18(24)17(22-12-19-20-21-22)10-14-6-3-2-4-7-14/h2-9,11-13,17H,10H2,1H3/t13-,17+/m0/s1. The first-order valence-corrected chi connectivity index (χ1v) is 8.26. The van der Waals surface area contributed by atoms with Crippen LogP contribution in [-0.4, -0.2) is 31.1 Å². The van der Waals surface area contributed by atoms with Crippen molar-refractivity contribution in [2.45, 2.75) is 25.5 Å². The molecule has 0 aliphatic rings. The number of carbonyl (C=O) groups excluding carboxylic acids is 1. The van der Waals surface area contributed by atoms with Crippen molar-refractivity contribution in [3.8, 4) is 0 Å². The Bertz CT molecular complexity index is 915. The van der Waals surface area contributed by atoms with Crippen molar-refractivity contribution >= 4 is 11.7 Å². The minimum absolute atomic E-state index is 0.0586. The van der Waals surface area contributed by atoms with Gasteiger partial charge < -0.3 is 4.74 Å². The minimum atomic E-state index is -0.747. The van der Waals surface area contributed by atoms with Gasteiger partial charge in [-0.15, -0.1) is 5.10 Å². The number of ether oxygens (including phenoxy) is 1. The second-order valence-electron chi connectivity index (χ2n) is 5.93. The second-order valence-corrected chi connectivity index (χ2v) is 5.93. The van der Waals surface area contributed by atoms with Crippen LogP contribution in [0.15, 0.2) is 60.9 Å². The number of carbonyl (C=O) groups is 1. The zero-order valence-electron chi connectivity index (χ0n) is 14.5. The number of nitrogens with zero attached hydrogens (tertiary/aromatic N) is 5. The van der Waals surface area contributed by atoms with Gasteiger partial charge in [0.15, 0.2) is 6.04 Å². The summed E-state index contributed by atoms with van der Waals surface area (Å²) in [4.78, 5) is 23.2. The summed E-state index contributed by atoms with van der Waals surface area (Å²) in [7, 11) is 0. The fourth-order valence-corrected chi connectivity index (χ4v) is 2.65.